The lowest BCUT2D eigenvalue weighted by Crippen LogP contribution is -2.38. The molecule has 1 heterocycles. The van der Waals surface area contributed by atoms with Crippen molar-refractivity contribution >= 4 is 43.2 Å². The van der Waals surface area contributed by atoms with E-state index in [-0.39, 0.29) is 0 Å². The van der Waals surface area contributed by atoms with Crippen molar-refractivity contribution in [1.82, 2.24) is 5.32 Å². The molecule has 1 aromatic heterocycles. The summed E-state index contributed by atoms with van der Waals surface area (Å²) < 4.78 is 2.52. The monoisotopic (exact) mass is 435 g/mol. The largest absolute Gasteiger partial charge is 0.309 e. The first-order chi connectivity index (χ1) is 9.98. The number of hydrogen-bond donors (Lipinski definition) is 1. The van der Waals surface area contributed by atoms with Crippen LogP contribution in [0.1, 0.15) is 70.9 Å². The Morgan fingerprint density at radius 1 is 1.29 bits per heavy atom. The van der Waals surface area contributed by atoms with E-state index in [1.165, 1.54) is 51.7 Å². The molecule has 0 aliphatic heterocycles. The van der Waals surface area contributed by atoms with E-state index >= 15 is 0 Å². The molecule has 1 atom stereocenters. The molecule has 0 spiro atoms. The van der Waals surface area contributed by atoms with Crippen molar-refractivity contribution in [1.29, 1.82) is 0 Å². The highest BCUT2D eigenvalue weighted by molar-refractivity contribution is 9.12. The second-order valence-electron chi connectivity index (χ2n) is 6.83. The van der Waals surface area contributed by atoms with E-state index in [2.05, 4.69) is 64.0 Å². The van der Waals surface area contributed by atoms with E-state index < -0.39 is 0 Å². The van der Waals surface area contributed by atoms with Gasteiger partial charge in [-0.1, -0.05) is 33.6 Å². The summed E-state index contributed by atoms with van der Waals surface area (Å²) in [5.41, 5.74) is 1.90. The Morgan fingerprint density at radius 3 is 2.43 bits per heavy atom. The second-order valence-corrected chi connectivity index (χ2v) is 10.6. The van der Waals surface area contributed by atoms with Crippen LogP contribution in [0, 0.1) is 11.3 Å². The average molecular weight is 437 g/mol. The Balaban J connectivity index is 2.34. The van der Waals surface area contributed by atoms with E-state index in [9.17, 15) is 0 Å². The molecule has 4 heteroatoms. The van der Waals surface area contributed by atoms with Gasteiger partial charge in [-0.05, 0) is 87.1 Å². The molecule has 1 nitrogen and oxygen atoms in total. The summed E-state index contributed by atoms with van der Waals surface area (Å²) >= 11 is 9.25. The maximum atomic E-state index is 3.88. The van der Waals surface area contributed by atoms with E-state index in [0.717, 1.165) is 12.5 Å². The van der Waals surface area contributed by atoms with Gasteiger partial charge < -0.3 is 5.32 Å². The van der Waals surface area contributed by atoms with Gasteiger partial charge in [0.2, 0.25) is 0 Å². The van der Waals surface area contributed by atoms with Crippen LogP contribution in [0.4, 0.5) is 0 Å². The summed E-state index contributed by atoms with van der Waals surface area (Å²) in [7, 11) is 0. The Labute approximate surface area is 150 Å². The van der Waals surface area contributed by atoms with Crippen LogP contribution in [0.25, 0.3) is 0 Å². The topological polar surface area (TPSA) is 12.0 Å². The van der Waals surface area contributed by atoms with Gasteiger partial charge in [0, 0.05) is 6.04 Å². The van der Waals surface area contributed by atoms with Crippen molar-refractivity contribution in [2.45, 2.75) is 65.3 Å². The van der Waals surface area contributed by atoms with Gasteiger partial charge in [0.05, 0.1) is 7.57 Å². The molecule has 0 radical (unpaired) electrons. The molecule has 0 aromatic carbocycles. The lowest BCUT2D eigenvalue weighted by Gasteiger charge is -2.40. The average Bonchev–Trinajstić information content (AvgIpc) is 2.97. The van der Waals surface area contributed by atoms with Crippen LogP contribution >= 0.6 is 43.2 Å². The summed E-state index contributed by atoms with van der Waals surface area (Å²) in [4.78, 5) is 0. The minimum absolute atomic E-state index is 0.437. The van der Waals surface area contributed by atoms with Crippen LogP contribution in [0.5, 0.6) is 0 Å². The SMILES string of the molecule is CCCNC(c1cc(Br)sc1Br)C1(CC(C)C)CCCC1. The van der Waals surface area contributed by atoms with E-state index in [0.29, 0.717) is 11.5 Å². The predicted molar refractivity (Wildman–Crippen MR) is 101 cm³/mol. The van der Waals surface area contributed by atoms with Crippen molar-refractivity contribution in [2.75, 3.05) is 6.54 Å². The van der Waals surface area contributed by atoms with Crippen molar-refractivity contribution in [3.8, 4) is 0 Å². The quantitative estimate of drug-likeness (QED) is 0.488. The van der Waals surface area contributed by atoms with Crippen LogP contribution in [0.2, 0.25) is 0 Å². The van der Waals surface area contributed by atoms with E-state index in [1.54, 1.807) is 11.3 Å². The zero-order valence-corrected chi connectivity index (χ0v) is 17.3. The number of halogens is 2. The minimum atomic E-state index is 0.437. The molecule has 1 fully saturated rings. The third kappa shape index (κ3) is 4.33. The molecular formula is C17H27Br2NS. The fraction of sp³-hybridized carbons (Fsp3) is 0.765. The lowest BCUT2D eigenvalue weighted by molar-refractivity contribution is 0.155. The number of rotatable bonds is 7. The molecule has 21 heavy (non-hydrogen) atoms. The highest BCUT2D eigenvalue weighted by atomic mass is 79.9. The summed E-state index contributed by atoms with van der Waals surface area (Å²) in [6.07, 6.45) is 8.03. The number of thiophene rings is 1. The fourth-order valence-corrected chi connectivity index (χ4v) is 6.90. The highest BCUT2D eigenvalue weighted by Crippen LogP contribution is 2.54. The van der Waals surface area contributed by atoms with Crippen molar-refractivity contribution in [3.05, 3.63) is 19.2 Å². The van der Waals surface area contributed by atoms with E-state index in [1.807, 2.05) is 0 Å². The second kappa shape index (κ2) is 7.94. The smallest absolute Gasteiger partial charge is 0.0758 e. The molecule has 1 aromatic rings. The molecule has 1 N–H and O–H groups in total. The van der Waals surface area contributed by atoms with Crippen LogP contribution in [-0.2, 0) is 0 Å². The molecule has 0 saturated heterocycles. The molecule has 1 aliphatic carbocycles. The Hall–Kier alpha value is 0.620. The molecule has 1 unspecified atom stereocenters. The van der Waals surface area contributed by atoms with Crippen LogP contribution in [0.3, 0.4) is 0 Å². The molecule has 0 bridgehead atoms. The maximum Gasteiger partial charge on any atom is 0.0758 e. The molecule has 2 rings (SSSR count). The molecule has 1 aliphatic rings. The highest BCUT2D eigenvalue weighted by Gasteiger charge is 2.43. The summed E-state index contributed by atoms with van der Waals surface area (Å²) in [5.74, 6) is 0.759. The molecule has 1 saturated carbocycles. The maximum absolute atomic E-state index is 3.88. The first-order valence-corrected chi connectivity index (χ1v) is 10.6. The van der Waals surface area contributed by atoms with Crippen LogP contribution < -0.4 is 5.32 Å². The predicted octanol–water partition coefficient (Wildman–Crippen LogP) is 6.92. The molecular weight excluding hydrogens is 410 g/mol. The Bertz CT molecular complexity index is 450. The van der Waals surface area contributed by atoms with Gasteiger partial charge in [-0.25, -0.2) is 0 Å². The summed E-state index contributed by atoms with van der Waals surface area (Å²) in [6.45, 7) is 8.10. The van der Waals surface area contributed by atoms with Crippen molar-refractivity contribution in [3.63, 3.8) is 0 Å². The first-order valence-electron chi connectivity index (χ1n) is 8.16. The molecule has 0 amide bonds. The van der Waals surface area contributed by atoms with Gasteiger partial charge in [-0.2, -0.15) is 0 Å². The van der Waals surface area contributed by atoms with Gasteiger partial charge in [0.25, 0.3) is 0 Å². The lowest BCUT2D eigenvalue weighted by atomic mass is 9.70. The third-order valence-corrected chi connectivity index (χ3v) is 7.00. The summed E-state index contributed by atoms with van der Waals surface area (Å²) in [5, 5.41) is 3.88. The fourth-order valence-electron chi connectivity index (χ4n) is 4.00. The number of nitrogens with one attached hydrogen (secondary N) is 1. The third-order valence-electron chi connectivity index (χ3n) is 4.62. The zero-order valence-electron chi connectivity index (χ0n) is 13.3. The first kappa shape index (κ1) is 18.0. The Morgan fingerprint density at radius 2 is 1.95 bits per heavy atom. The van der Waals surface area contributed by atoms with Gasteiger partial charge in [0.15, 0.2) is 0 Å². The van der Waals surface area contributed by atoms with Gasteiger partial charge in [0.1, 0.15) is 0 Å². The van der Waals surface area contributed by atoms with Gasteiger partial charge >= 0.3 is 0 Å². The standard InChI is InChI=1S/C17H27Br2NS/c1-4-9-20-15(13-10-14(18)21-16(13)19)17(11-12(2)3)7-5-6-8-17/h10,12,15,20H,4-9,11H2,1-3H3. The summed E-state index contributed by atoms with van der Waals surface area (Å²) in [6, 6.07) is 2.81. The van der Waals surface area contributed by atoms with Gasteiger partial charge in [-0.15, -0.1) is 11.3 Å². The normalized spacial score (nSPS) is 19.3. The zero-order chi connectivity index (χ0) is 15.5. The number of hydrogen-bond acceptors (Lipinski definition) is 2. The van der Waals surface area contributed by atoms with E-state index in [4.69, 9.17) is 0 Å². The van der Waals surface area contributed by atoms with Crippen LogP contribution in [-0.4, -0.2) is 6.54 Å². The van der Waals surface area contributed by atoms with Crippen molar-refractivity contribution in [2.24, 2.45) is 11.3 Å². The van der Waals surface area contributed by atoms with Crippen molar-refractivity contribution < 1.29 is 0 Å². The van der Waals surface area contributed by atoms with Gasteiger partial charge in [-0.3, -0.25) is 0 Å². The Kier molecular flexibility index (Phi) is 6.79. The van der Waals surface area contributed by atoms with Crippen LogP contribution in [0.15, 0.2) is 13.6 Å². The minimum Gasteiger partial charge on any atom is -0.309 e. The molecule has 120 valence electrons.